The molecule has 0 aromatic heterocycles. The van der Waals surface area contributed by atoms with E-state index >= 15 is 0 Å². The third-order valence-electron chi connectivity index (χ3n) is 5.75. The number of amides is 3. The van der Waals surface area contributed by atoms with Crippen molar-refractivity contribution in [1.29, 1.82) is 0 Å². The molecule has 0 bridgehead atoms. The number of ether oxygens (including phenoxy) is 1. The predicted octanol–water partition coefficient (Wildman–Crippen LogP) is 2.16. The third kappa shape index (κ3) is 4.73. The minimum atomic E-state index is -0.662. The average Bonchev–Trinajstić information content (AvgIpc) is 3.02. The number of unbranched alkanes of at least 4 members (excludes halogenated alkanes) is 2. The van der Waals surface area contributed by atoms with Crippen molar-refractivity contribution in [2.45, 2.75) is 38.5 Å². The second-order valence-electron chi connectivity index (χ2n) is 7.73. The number of esters is 1. The van der Waals surface area contributed by atoms with Crippen LogP contribution in [0, 0.1) is 16.0 Å². The first-order valence-electron chi connectivity index (χ1n) is 10.3. The molecule has 166 valence electrons. The molecule has 2 heterocycles. The molecule has 1 aromatic carbocycles. The van der Waals surface area contributed by atoms with E-state index in [-0.39, 0.29) is 41.2 Å². The van der Waals surface area contributed by atoms with Gasteiger partial charge in [-0.15, -0.1) is 0 Å². The first-order chi connectivity index (χ1) is 14.8. The van der Waals surface area contributed by atoms with Gasteiger partial charge in [-0.1, -0.05) is 12.5 Å². The molecule has 31 heavy (non-hydrogen) atoms. The number of nitrogens with zero attached hydrogens (tertiary/aromatic N) is 3. The van der Waals surface area contributed by atoms with Crippen molar-refractivity contribution in [1.82, 2.24) is 9.80 Å². The summed E-state index contributed by atoms with van der Waals surface area (Å²) in [7, 11) is 1.34. The lowest BCUT2D eigenvalue weighted by Gasteiger charge is -2.31. The van der Waals surface area contributed by atoms with Gasteiger partial charge in [-0.25, -0.2) is 0 Å². The zero-order valence-electron chi connectivity index (χ0n) is 17.4. The third-order valence-corrected chi connectivity index (χ3v) is 5.75. The molecule has 3 rings (SSSR count). The van der Waals surface area contributed by atoms with E-state index in [1.807, 2.05) is 0 Å². The number of carbonyl (C=O) groups is 4. The fourth-order valence-corrected chi connectivity index (χ4v) is 4.11. The molecule has 3 amide bonds. The van der Waals surface area contributed by atoms with Gasteiger partial charge in [0.05, 0.1) is 23.5 Å². The van der Waals surface area contributed by atoms with Crippen LogP contribution in [0.1, 0.15) is 59.2 Å². The topological polar surface area (TPSA) is 127 Å². The van der Waals surface area contributed by atoms with Crippen LogP contribution < -0.4 is 0 Å². The highest BCUT2D eigenvalue weighted by Crippen LogP contribution is 2.31. The summed E-state index contributed by atoms with van der Waals surface area (Å²) in [5.74, 6) is -1.77. The first-order valence-corrected chi connectivity index (χ1v) is 10.3. The van der Waals surface area contributed by atoms with Crippen molar-refractivity contribution in [3.05, 3.63) is 39.4 Å². The van der Waals surface area contributed by atoms with Crippen LogP contribution in [0.2, 0.25) is 0 Å². The molecule has 0 radical (unpaired) electrons. The lowest BCUT2D eigenvalue weighted by molar-refractivity contribution is -0.385. The van der Waals surface area contributed by atoms with Gasteiger partial charge in [0.15, 0.2) is 0 Å². The van der Waals surface area contributed by atoms with Crippen LogP contribution in [-0.2, 0) is 14.3 Å². The summed E-state index contributed by atoms with van der Waals surface area (Å²) >= 11 is 0. The number of imide groups is 1. The molecular weight excluding hydrogens is 406 g/mol. The second-order valence-corrected chi connectivity index (χ2v) is 7.73. The molecule has 10 heteroatoms. The summed E-state index contributed by atoms with van der Waals surface area (Å²) in [5.41, 5.74) is -0.465. The largest absolute Gasteiger partial charge is 0.469 e. The number of methoxy groups -OCH3 is 1. The van der Waals surface area contributed by atoms with E-state index in [9.17, 15) is 29.3 Å². The van der Waals surface area contributed by atoms with Gasteiger partial charge in [0, 0.05) is 32.1 Å². The summed E-state index contributed by atoms with van der Waals surface area (Å²) < 4.78 is 4.77. The van der Waals surface area contributed by atoms with E-state index in [1.54, 1.807) is 4.90 Å². The number of nitro groups is 1. The van der Waals surface area contributed by atoms with E-state index < -0.39 is 16.7 Å². The van der Waals surface area contributed by atoms with Crippen LogP contribution in [0.15, 0.2) is 18.2 Å². The van der Waals surface area contributed by atoms with Crippen LogP contribution in [0.4, 0.5) is 5.69 Å². The molecule has 2 aliphatic heterocycles. The average molecular weight is 431 g/mol. The van der Waals surface area contributed by atoms with Crippen LogP contribution in [0.5, 0.6) is 0 Å². The minimum absolute atomic E-state index is 0.0232. The molecule has 1 aromatic rings. The second kappa shape index (κ2) is 9.67. The number of rotatable bonds is 8. The Bertz CT molecular complexity index is 914. The maximum absolute atomic E-state index is 12.5. The summed E-state index contributed by atoms with van der Waals surface area (Å²) in [4.78, 5) is 62.3. The summed E-state index contributed by atoms with van der Waals surface area (Å²) in [6.07, 6.45) is 3.50. The van der Waals surface area contributed by atoms with Crippen LogP contribution in [0.3, 0.4) is 0 Å². The SMILES string of the molecule is COC(=O)C1CCCN(C(=O)CCCCCN2C(=O)c3cccc([N+](=O)[O-])c3C2=O)C1. The van der Waals surface area contributed by atoms with E-state index in [1.165, 1.54) is 25.3 Å². The Morgan fingerprint density at radius 3 is 2.68 bits per heavy atom. The highest BCUT2D eigenvalue weighted by Gasteiger charge is 2.40. The number of carbonyl (C=O) groups excluding carboxylic acids is 4. The number of benzene rings is 1. The Hall–Kier alpha value is -3.30. The van der Waals surface area contributed by atoms with Crippen molar-refractivity contribution < 1.29 is 28.8 Å². The Labute approximate surface area is 179 Å². The van der Waals surface area contributed by atoms with Gasteiger partial charge >= 0.3 is 5.97 Å². The fourth-order valence-electron chi connectivity index (χ4n) is 4.11. The predicted molar refractivity (Wildman–Crippen MR) is 108 cm³/mol. The number of nitro benzene ring substituents is 1. The van der Waals surface area contributed by atoms with Crippen LogP contribution in [0.25, 0.3) is 0 Å². The number of likely N-dealkylation sites (tertiary alicyclic amines) is 1. The standard InChI is InChI=1S/C21H25N3O7/c1-31-21(28)14-7-6-11-22(13-14)17(25)10-3-2-4-12-23-19(26)15-8-5-9-16(24(29)30)18(15)20(23)27/h5,8-9,14H,2-4,6-7,10-13H2,1H3. The highest BCUT2D eigenvalue weighted by molar-refractivity contribution is 6.23. The van der Waals surface area contributed by atoms with E-state index in [0.29, 0.717) is 38.8 Å². The molecule has 0 N–H and O–H groups in total. The molecule has 1 fully saturated rings. The monoisotopic (exact) mass is 431 g/mol. The minimum Gasteiger partial charge on any atom is -0.469 e. The number of hydrogen-bond acceptors (Lipinski definition) is 7. The van der Waals surface area contributed by atoms with Crippen molar-refractivity contribution in [3.8, 4) is 0 Å². The summed E-state index contributed by atoms with van der Waals surface area (Å²) in [6.45, 7) is 1.14. The number of fused-ring (bicyclic) bond motifs is 1. The van der Waals surface area contributed by atoms with E-state index in [0.717, 1.165) is 17.7 Å². The van der Waals surface area contributed by atoms with Crippen molar-refractivity contribution in [3.63, 3.8) is 0 Å². The van der Waals surface area contributed by atoms with Gasteiger partial charge in [-0.2, -0.15) is 0 Å². The number of piperidine rings is 1. The van der Waals surface area contributed by atoms with Crippen LogP contribution >= 0.6 is 0 Å². The Kier molecular flexibility index (Phi) is 6.98. The van der Waals surface area contributed by atoms with Crippen molar-refractivity contribution in [2.75, 3.05) is 26.7 Å². The van der Waals surface area contributed by atoms with Gasteiger partial charge in [-0.3, -0.25) is 34.2 Å². The van der Waals surface area contributed by atoms with E-state index in [4.69, 9.17) is 4.74 Å². The summed E-state index contributed by atoms with van der Waals surface area (Å²) in [5, 5.41) is 11.1. The zero-order valence-corrected chi connectivity index (χ0v) is 17.4. The summed E-state index contributed by atoms with van der Waals surface area (Å²) in [6, 6.07) is 4.02. The molecule has 0 aliphatic carbocycles. The molecule has 0 spiro atoms. The van der Waals surface area contributed by atoms with Crippen molar-refractivity contribution >= 4 is 29.4 Å². The maximum Gasteiger partial charge on any atom is 0.310 e. The lowest BCUT2D eigenvalue weighted by Crippen LogP contribution is -2.42. The van der Waals surface area contributed by atoms with Crippen LogP contribution in [-0.4, -0.2) is 65.2 Å². The molecule has 1 unspecified atom stereocenters. The molecular formula is C21H25N3O7. The smallest absolute Gasteiger partial charge is 0.310 e. The maximum atomic E-state index is 12.5. The normalized spacial score (nSPS) is 18.2. The highest BCUT2D eigenvalue weighted by atomic mass is 16.6. The Morgan fingerprint density at radius 2 is 1.97 bits per heavy atom. The molecule has 10 nitrogen and oxygen atoms in total. The quantitative estimate of drug-likeness (QED) is 0.203. The van der Waals surface area contributed by atoms with E-state index in [2.05, 4.69) is 0 Å². The molecule has 2 aliphatic rings. The van der Waals surface area contributed by atoms with Gasteiger partial charge in [0.25, 0.3) is 17.5 Å². The van der Waals surface area contributed by atoms with Gasteiger partial charge in [-0.05, 0) is 31.7 Å². The molecule has 1 saturated heterocycles. The first kappa shape index (κ1) is 22.4. The molecule has 0 saturated carbocycles. The Morgan fingerprint density at radius 1 is 1.19 bits per heavy atom. The van der Waals surface area contributed by atoms with Gasteiger partial charge < -0.3 is 9.64 Å². The molecule has 1 atom stereocenters. The Balaban J connectivity index is 1.45. The van der Waals surface area contributed by atoms with Gasteiger partial charge in [0.1, 0.15) is 5.56 Å². The van der Waals surface area contributed by atoms with Gasteiger partial charge in [0.2, 0.25) is 5.91 Å². The lowest BCUT2D eigenvalue weighted by atomic mass is 9.97. The fraction of sp³-hybridized carbons (Fsp3) is 0.524. The zero-order chi connectivity index (χ0) is 22.5. The number of hydrogen-bond donors (Lipinski definition) is 0. The van der Waals surface area contributed by atoms with Crippen molar-refractivity contribution in [2.24, 2.45) is 5.92 Å².